The molecule has 1 aromatic heterocycles. The number of methoxy groups -OCH3 is 1. The lowest BCUT2D eigenvalue weighted by molar-refractivity contribution is -0.130. The van der Waals surface area contributed by atoms with E-state index < -0.39 is 29.5 Å². The second-order valence-electron chi connectivity index (χ2n) is 7.15. The first-order chi connectivity index (χ1) is 15.4. The molecule has 7 nitrogen and oxygen atoms in total. The molecular weight excluding hydrogens is 430 g/mol. The van der Waals surface area contributed by atoms with Gasteiger partial charge in [-0.3, -0.25) is 9.59 Å². The lowest BCUT2D eigenvalue weighted by Gasteiger charge is -2.28. The van der Waals surface area contributed by atoms with E-state index in [-0.39, 0.29) is 17.7 Å². The quantitative estimate of drug-likeness (QED) is 0.523. The van der Waals surface area contributed by atoms with Crippen LogP contribution in [0.4, 0.5) is 0 Å². The fraction of sp³-hybridized carbons (Fsp3) is 0.125. The summed E-state index contributed by atoms with van der Waals surface area (Å²) in [5.74, 6) is -2.28. The molecule has 8 heteroatoms. The summed E-state index contributed by atoms with van der Waals surface area (Å²) in [6.07, 6.45) is 0. The molecule has 1 aliphatic heterocycles. The summed E-state index contributed by atoms with van der Waals surface area (Å²) in [4.78, 5) is 39.3. The number of carboxylic acid groups (broad SMARTS) is 1. The summed E-state index contributed by atoms with van der Waals surface area (Å²) in [5.41, 5.74) is 1.33. The third kappa shape index (κ3) is 3.76. The van der Waals surface area contributed by atoms with Gasteiger partial charge >= 0.3 is 5.97 Å². The molecule has 2 heterocycles. The van der Waals surface area contributed by atoms with E-state index in [0.717, 1.165) is 0 Å². The highest BCUT2D eigenvalue weighted by atomic mass is 32.1. The van der Waals surface area contributed by atoms with E-state index in [2.05, 4.69) is 0 Å². The molecule has 2 aromatic carbocycles. The Labute approximate surface area is 187 Å². The third-order valence-electron chi connectivity index (χ3n) is 5.28. The standard InChI is InChI=1S/C24H19NO6S/c1-31-17-6-3-2-5-16(17)20-19(21(26)18-7-4-12-32-18)22(27)23(28)25(20)13-14-8-10-15(11-9-14)24(29)30/h2-12,20,27H,13H2,1H3,(H,29,30). The number of ketones is 1. The van der Waals surface area contributed by atoms with E-state index in [4.69, 9.17) is 9.84 Å². The minimum absolute atomic E-state index is 0.0101. The summed E-state index contributed by atoms with van der Waals surface area (Å²) in [6, 6.07) is 15.6. The monoisotopic (exact) mass is 449 g/mol. The molecule has 3 aromatic rings. The van der Waals surface area contributed by atoms with E-state index >= 15 is 0 Å². The Hall–Kier alpha value is -3.91. The molecule has 1 unspecified atom stereocenters. The Morgan fingerprint density at radius 1 is 1.06 bits per heavy atom. The molecule has 0 aliphatic carbocycles. The maximum atomic E-state index is 13.3. The number of carbonyl (C=O) groups excluding carboxylic acids is 2. The van der Waals surface area contributed by atoms with E-state index in [0.29, 0.717) is 21.8 Å². The maximum absolute atomic E-state index is 13.3. The number of aromatic carboxylic acids is 1. The number of carbonyl (C=O) groups is 3. The molecule has 0 radical (unpaired) electrons. The molecule has 0 saturated carbocycles. The van der Waals surface area contributed by atoms with Crippen LogP contribution in [0.3, 0.4) is 0 Å². The van der Waals surface area contributed by atoms with Gasteiger partial charge in [0, 0.05) is 12.1 Å². The van der Waals surface area contributed by atoms with Gasteiger partial charge in [0.05, 0.1) is 29.2 Å². The van der Waals surface area contributed by atoms with Crippen molar-refractivity contribution < 1.29 is 29.3 Å². The number of amides is 1. The second kappa shape index (κ2) is 8.68. The fourth-order valence-corrected chi connectivity index (χ4v) is 4.43. The Morgan fingerprint density at radius 2 is 1.78 bits per heavy atom. The zero-order chi connectivity index (χ0) is 22.8. The van der Waals surface area contributed by atoms with Crippen molar-refractivity contribution >= 4 is 29.0 Å². The summed E-state index contributed by atoms with van der Waals surface area (Å²) in [7, 11) is 1.49. The average Bonchev–Trinajstić information content (AvgIpc) is 3.42. The van der Waals surface area contributed by atoms with Crippen molar-refractivity contribution in [2.75, 3.05) is 7.11 Å². The van der Waals surface area contributed by atoms with Crippen molar-refractivity contribution in [2.45, 2.75) is 12.6 Å². The van der Waals surface area contributed by atoms with E-state index in [9.17, 15) is 19.5 Å². The van der Waals surface area contributed by atoms with Crippen molar-refractivity contribution in [2.24, 2.45) is 0 Å². The van der Waals surface area contributed by atoms with Crippen molar-refractivity contribution in [3.8, 4) is 5.75 Å². The van der Waals surface area contributed by atoms with Crippen molar-refractivity contribution in [1.82, 2.24) is 4.90 Å². The minimum atomic E-state index is -1.05. The van der Waals surface area contributed by atoms with Crippen LogP contribution < -0.4 is 4.74 Å². The number of Topliss-reactive ketones (excluding diaryl/α,β-unsaturated/α-hetero) is 1. The second-order valence-corrected chi connectivity index (χ2v) is 8.10. The van der Waals surface area contributed by atoms with Crippen LogP contribution in [-0.4, -0.2) is 39.9 Å². The molecule has 1 amide bonds. The number of benzene rings is 2. The molecular formula is C24H19NO6S. The van der Waals surface area contributed by atoms with Crippen molar-refractivity contribution in [3.63, 3.8) is 0 Å². The van der Waals surface area contributed by atoms with Gasteiger partial charge in [-0.1, -0.05) is 36.4 Å². The number of carboxylic acids is 1. The van der Waals surface area contributed by atoms with Crippen LogP contribution in [-0.2, 0) is 11.3 Å². The van der Waals surface area contributed by atoms with Crippen molar-refractivity contribution in [3.05, 3.63) is 98.9 Å². The SMILES string of the molecule is COc1ccccc1C1C(C(=O)c2cccs2)=C(O)C(=O)N1Cc1ccc(C(=O)O)cc1. The van der Waals surface area contributed by atoms with E-state index in [1.807, 2.05) is 0 Å². The number of rotatable bonds is 7. The molecule has 1 atom stereocenters. The predicted octanol–water partition coefficient (Wildman–Crippen LogP) is 4.23. The van der Waals surface area contributed by atoms with E-state index in [1.54, 1.807) is 53.9 Å². The molecule has 2 N–H and O–H groups in total. The van der Waals surface area contributed by atoms with Gasteiger partial charge in [-0.15, -0.1) is 11.3 Å². The zero-order valence-corrected chi connectivity index (χ0v) is 17.8. The number of nitrogens with zero attached hydrogens (tertiary/aromatic N) is 1. The Kier molecular flexibility index (Phi) is 5.79. The Morgan fingerprint density at radius 3 is 2.41 bits per heavy atom. The topological polar surface area (TPSA) is 104 Å². The highest BCUT2D eigenvalue weighted by molar-refractivity contribution is 7.12. The fourth-order valence-electron chi connectivity index (χ4n) is 3.75. The van der Waals surface area contributed by atoms with Gasteiger partial charge < -0.3 is 19.8 Å². The molecule has 162 valence electrons. The van der Waals surface area contributed by atoms with Gasteiger partial charge in [0.25, 0.3) is 5.91 Å². The molecule has 4 rings (SSSR count). The van der Waals surface area contributed by atoms with Gasteiger partial charge in [-0.05, 0) is 35.2 Å². The van der Waals surface area contributed by atoms with Crippen LogP contribution in [0.1, 0.15) is 37.2 Å². The molecule has 0 bridgehead atoms. The molecule has 0 spiro atoms. The number of aliphatic hydroxyl groups is 1. The van der Waals surface area contributed by atoms with Crippen LogP contribution in [0.15, 0.2) is 77.4 Å². The summed E-state index contributed by atoms with van der Waals surface area (Å²) < 4.78 is 5.47. The Balaban J connectivity index is 1.79. The number of aliphatic hydroxyl groups excluding tert-OH is 1. The van der Waals surface area contributed by atoms with Gasteiger partial charge in [-0.25, -0.2) is 4.79 Å². The van der Waals surface area contributed by atoms with Crippen LogP contribution in [0.2, 0.25) is 0 Å². The largest absolute Gasteiger partial charge is 0.503 e. The van der Waals surface area contributed by atoms with Crippen LogP contribution in [0.25, 0.3) is 0 Å². The van der Waals surface area contributed by atoms with Crippen LogP contribution >= 0.6 is 11.3 Å². The van der Waals surface area contributed by atoms with Crippen molar-refractivity contribution in [1.29, 1.82) is 0 Å². The van der Waals surface area contributed by atoms with Gasteiger partial charge in [0.15, 0.2) is 5.76 Å². The lowest BCUT2D eigenvalue weighted by Crippen LogP contribution is -2.31. The molecule has 0 fully saturated rings. The highest BCUT2D eigenvalue weighted by Crippen LogP contribution is 2.43. The first kappa shape index (κ1) is 21.3. The smallest absolute Gasteiger partial charge is 0.335 e. The van der Waals surface area contributed by atoms with Gasteiger partial charge in [0.2, 0.25) is 5.78 Å². The average molecular weight is 449 g/mol. The summed E-state index contributed by atoms with van der Waals surface area (Å²) >= 11 is 1.23. The minimum Gasteiger partial charge on any atom is -0.503 e. The Bertz CT molecular complexity index is 1210. The number of hydrogen-bond acceptors (Lipinski definition) is 6. The summed E-state index contributed by atoms with van der Waals surface area (Å²) in [6.45, 7) is 0.0622. The van der Waals surface area contributed by atoms with E-state index in [1.165, 1.54) is 35.5 Å². The number of thiophene rings is 1. The maximum Gasteiger partial charge on any atom is 0.335 e. The van der Waals surface area contributed by atoms with Crippen LogP contribution in [0.5, 0.6) is 5.75 Å². The summed E-state index contributed by atoms with van der Waals surface area (Å²) in [5, 5.41) is 21.6. The first-order valence-electron chi connectivity index (χ1n) is 9.69. The zero-order valence-electron chi connectivity index (χ0n) is 17.0. The highest BCUT2D eigenvalue weighted by Gasteiger charge is 2.45. The normalized spacial score (nSPS) is 15.8. The van der Waals surface area contributed by atoms with Gasteiger partial charge in [0.1, 0.15) is 5.75 Å². The number of ether oxygens (including phenoxy) is 1. The third-order valence-corrected chi connectivity index (χ3v) is 6.15. The molecule has 1 aliphatic rings. The predicted molar refractivity (Wildman–Crippen MR) is 118 cm³/mol. The molecule has 32 heavy (non-hydrogen) atoms. The number of hydrogen-bond donors (Lipinski definition) is 2. The number of para-hydroxylation sites is 1. The lowest BCUT2D eigenvalue weighted by atomic mass is 9.94. The van der Waals surface area contributed by atoms with Gasteiger partial charge in [-0.2, -0.15) is 0 Å². The first-order valence-corrected chi connectivity index (χ1v) is 10.6. The van der Waals surface area contributed by atoms with Crippen LogP contribution in [0, 0.1) is 0 Å². The molecule has 0 saturated heterocycles.